The predicted octanol–water partition coefficient (Wildman–Crippen LogP) is 4.61. The minimum atomic E-state index is -0.0810. The van der Waals surface area contributed by atoms with Gasteiger partial charge in [-0.2, -0.15) is 0 Å². The molecule has 1 N–H and O–H groups in total. The summed E-state index contributed by atoms with van der Waals surface area (Å²) in [4.78, 5) is 14.3. The number of nitrogens with zero attached hydrogens (tertiary/aromatic N) is 1. The molecule has 0 fully saturated rings. The van der Waals surface area contributed by atoms with Crippen molar-refractivity contribution in [1.82, 2.24) is 0 Å². The van der Waals surface area contributed by atoms with Gasteiger partial charge in [0.1, 0.15) is 0 Å². The van der Waals surface area contributed by atoms with Crippen LogP contribution in [0.2, 0.25) is 0 Å². The lowest BCUT2D eigenvalue weighted by Gasteiger charge is -2.21. The number of hydrogen-bond donors (Lipinski definition) is 1. The van der Waals surface area contributed by atoms with E-state index in [0.29, 0.717) is 5.56 Å². The van der Waals surface area contributed by atoms with Crippen molar-refractivity contribution in [2.75, 3.05) is 23.3 Å². The number of anilines is 2. The number of carbonyl (C=O) groups is 1. The maximum absolute atomic E-state index is 12.0. The lowest BCUT2D eigenvalue weighted by Crippen LogP contribution is -2.21. The van der Waals surface area contributed by atoms with E-state index >= 15 is 0 Å². The molecule has 0 saturated heterocycles. The standard InChI is InChI=1S/C15H17BrN2OS/c1-3-18(4-2)13-7-5-12(6-8-13)17-15(19)11-9-14(16)20-10-11/h5-10H,3-4H2,1-2H3,(H,17,19). The number of amides is 1. The number of benzene rings is 1. The minimum absolute atomic E-state index is 0.0810. The first kappa shape index (κ1) is 15.1. The highest BCUT2D eigenvalue weighted by molar-refractivity contribution is 9.11. The first-order valence-corrected chi connectivity index (χ1v) is 8.21. The Morgan fingerprint density at radius 3 is 2.40 bits per heavy atom. The van der Waals surface area contributed by atoms with Crippen LogP contribution < -0.4 is 10.2 Å². The molecule has 0 aliphatic rings. The number of nitrogens with one attached hydrogen (secondary N) is 1. The van der Waals surface area contributed by atoms with Crippen LogP contribution in [0.5, 0.6) is 0 Å². The molecule has 20 heavy (non-hydrogen) atoms. The zero-order chi connectivity index (χ0) is 14.5. The third-order valence-electron chi connectivity index (χ3n) is 3.08. The highest BCUT2D eigenvalue weighted by Crippen LogP contribution is 2.22. The molecule has 0 aliphatic carbocycles. The van der Waals surface area contributed by atoms with Crippen molar-refractivity contribution >= 4 is 44.5 Å². The van der Waals surface area contributed by atoms with Gasteiger partial charge < -0.3 is 10.2 Å². The molecule has 1 amide bonds. The van der Waals surface area contributed by atoms with Crippen molar-refractivity contribution in [1.29, 1.82) is 0 Å². The fraction of sp³-hybridized carbons (Fsp3) is 0.267. The van der Waals surface area contributed by atoms with Crippen molar-refractivity contribution in [2.24, 2.45) is 0 Å². The summed E-state index contributed by atoms with van der Waals surface area (Å²) in [6.45, 7) is 6.22. The van der Waals surface area contributed by atoms with Gasteiger partial charge in [0, 0.05) is 29.8 Å². The van der Waals surface area contributed by atoms with Gasteiger partial charge in [0.2, 0.25) is 0 Å². The van der Waals surface area contributed by atoms with Gasteiger partial charge >= 0.3 is 0 Å². The molecule has 0 radical (unpaired) electrons. The summed E-state index contributed by atoms with van der Waals surface area (Å²) in [5.74, 6) is -0.0810. The van der Waals surface area contributed by atoms with E-state index in [9.17, 15) is 4.79 Å². The molecule has 0 aliphatic heterocycles. The molecular weight excluding hydrogens is 336 g/mol. The molecule has 0 unspecified atom stereocenters. The van der Waals surface area contributed by atoms with Gasteiger partial charge in [-0.1, -0.05) is 0 Å². The topological polar surface area (TPSA) is 32.3 Å². The van der Waals surface area contributed by atoms with E-state index in [1.165, 1.54) is 17.0 Å². The highest BCUT2D eigenvalue weighted by Gasteiger charge is 2.08. The predicted molar refractivity (Wildman–Crippen MR) is 90.0 cm³/mol. The lowest BCUT2D eigenvalue weighted by molar-refractivity contribution is 0.102. The van der Waals surface area contributed by atoms with Crippen molar-refractivity contribution in [3.05, 3.63) is 45.1 Å². The molecule has 0 spiro atoms. The van der Waals surface area contributed by atoms with Crippen LogP contribution in [-0.2, 0) is 0 Å². The summed E-state index contributed by atoms with van der Waals surface area (Å²) in [5, 5.41) is 4.74. The molecular formula is C15H17BrN2OS. The van der Waals surface area contributed by atoms with Gasteiger partial charge in [-0.05, 0) is 60.1 Å². The first-order valence-electron chi connectivity index (χ1n) is 6.54. The molecule has 2 aromatic rings. The van der Waals surface area contributed by atoms with E-state index in [0.717, 1.165) is 22.6 Å². The summed E-state index contributed by atoms with van der Waals surface area (Å²) < 4.78 is 0.958. The quantitative estimate of drug-likeness (QED) is 0.851. The second-order valence-electron chi connectivity index (χ2n) is 4.31. The van der Waals surface area contributed by atoms with Crippen LogP contribution in [0.1, 0.15) is 24.2 Å². The van der Waals surface area contributed by atoms with Gasteiger partial charge in [0.25, 0.3) is 5.91 Å². The van der Waals surface area contributed by atoms with Crippen molar-refractivity contribution in [2.45, 2.75) is 13.8 Å². The Balaban J connectivity index is 2.05. The van der Waals surface area contributed by atoms with Crippen molar-refractivity contribution < 1.29 is 4.79 Å². The van der Waals surface area contributed by atoms with E-state index in [2.05, 4.69) is 40.0 Å². The Labute approximate surface area is 131 Å². The van der Waals surface area contributed by atoms with Crippen molar-refractivity contribution in [3.63, 3.8) is 0 Å². The van der Waals surface area contributed by atoms with Crippen LogP contribution in [0.4, 0.5) is 11.4 Å². The molecule has 3 nitrogen and oxygen atoms in total. The Kier molecular flexibility index (Phi) is 5.20. The monoisotopic (exact) mass is 352 g/mol. The van der Waals surface area contributed by atoms with Crippen LogP contribution in [0.15, 0.2) is 39.5 Å². The largest absolute Gasteiger partial charge is 0.372 e. The lowest BCUT2D eigenvalue weighted by atomic mass is 10.2. The number of hydrogen-bond acceptors (Lipinski definition) is 3. The van der Waals surface area contributed by atoms with Crippen molar-refractivity contribution in [3.8, 4) is 0 Å². The van der Waals surface area contributed by atoms with E-state index < -0.39 is 0 Å². The SMILES string of the molecule is CCN(CC)c1ccc(NC(=O)c2csc(Br)c2)cc1. The maximum Gasteiger partial charge on any atom is 0.256 e. The van der Waals surface area contributed by atoms with Crippen LogP contribution in [0.25, 0.3) is 0 Å². The van der Waals surface area contributed by atoms with Crippen LogP contribution >= 0.6 is 27.3 Å². The molecule has 1 aromatic heterocycles. The maximum atomic E-state index is 12.0. The van der Waals surface area contributed by atoms with E-state index in [1.54, 1.807) is 0 Å². The summed E-state index contributed by atoms with van der Waals surface area (Å²) in [5.41, 5.74) is 2.66. The molecule has 1 aromatic carbocycles. The van der Waals surface area contributed by atoms with Gasteiger partial charge in [0.15, 0.2) is 0 Å². The molecule has 5 heteroatoms. The van der Waals surface area contributed by atoms with Crippen LogP contribution in [-0.4, -0.2) is 19.0 Å². The normalized spacial score (nSPS) is 10.3. The number of rotatable bonds is 5. The average Bonchev–Trinajstić information content (AvgIpc) is 2.89. The summed E-state index contributed by atoms with van der Waals surface area (Å²) >= 11 is 4.86. The Morgan fingerprint density at radius 2 is 1.90 bits per heavy atom. The fourth-order valence-electron chi connectivity index (χ4n) is 1.98. The van der Waals surface area contributed by atoms with Gasteiger partial charge in [-0.15, -0.1) is 11.3 Å². The third kappa shape index (κ3) is 3.61. The van der Waals surface area contributed by atoms with E-state index in [-0.39, 0.29) is 5.91 Å². The Morgan fingerprint density at radius 1 is 1.25 bits per heavy atom. The summed E-state index contributed by atoms with van der Waals surface area (Å²) in [7, 11) is 0. The highest BCUT2D eigenvalue weighted by atomic mass is 79.9. The Hall–Kier alpha value is -1.33. The number of halogens is 1. The molecule has 2 rings (SSSR count). The summed E-state index contributed by atoms with van der Waals surface area (Å²) in [6, 6.07) is 9.77. The molecule has 0 bridgehead atoms. The number of thiophene rings is 1. The second kappa shape index (κ2) is 6.90. The van der Waals surface area contributed by atoms with Gasteiger partial charge in [-0.3, -0.25) is 4.79 Å². The molecule has 1 heterocycles. The molecule has 0 saturated carbocycles. The van der Waals surface area contributed by atoms with E-state index in [1.807, 2.05) is 35.7 Å². The fourth-order valence-corrected chi connectivity index (χ4v) is 3.11. The van der Waals surface area contributed by atoms with Gasteiger partial charge in [0.05, 0.1) is 9.35 Å². The minimum Gasteiger partial charge on any atom is -0.372 e. The van der Waals surface area contributed by atoms with Gasteiger partial charge in [-0.25, -0.2) is 0 Å². The number of carbonyl (C=O) groups excluding carboxylic acids is 1. The zero-order valence-corrected chi connectivity index (χ0v) is 13.9. The second-order valence-corrected chi connectivity index (χ2v) is 6.60. The molecule has 0 atom stereocenters. The first-order chi connectivity index (χ1) is 9.63. The average molecular weight is 353 g/mol. The van der Waals surface area contributed by atoms with Crippen LogP contribution in [0, 0.1) is 0 Å². The smallest absolute Gasteiger partial charge is 0.256 e. The third-order valence-corrected chi connectivity index (χ3v) is 4.59. The molecule has 106 valence electrons. The summed E-state index contributed by atoms with van der Waals surface area (Å²) in [6.07, 6.45) is 0. The zero-order valence-electron chi connectivity index (χ0n) is 11.5. The van der Waals surface area contributed by atoms with Crippen LogP contribution in [0.3, 0.4) is 0 Å². The Bertz CT molecular complexity index is 576. The van der Waals surface area contributed by atoms with E-state index in [4.69, 9.17) is 0 Å².